The summed E-state index contributed by atoms with van der Waals surface area (Å²) in [5, 5.41) is 8.51. The lowest BCUT2D eigenvalue weighted by molar-refractivity contribution is 0.102. The molecule has 0 radical (unpaired) electrons. The molecule has 3 aromatic rings. The molecule has 0 aliphatic carbocycles. The van der Waals surface area contributed by atoms with E-state index in [0.717, 1.165) is 22.3 Å². The molecule has 94 valence electrons. The number of hydrogen-bond donors (Lipinski definition) is 2. The van der Waals surface area contributed by atoms with E-state index in [9.17, 15) is 4.79 Å². The van der Waals surface area contributed by atoms with E-state index in [1.54, 1.807) is 0 Å². The minimum Gasteiger partial charge on any atom is -0.383 e. The zero-order valence-electron chi connectivity index (χ0n) is 9.70. The molecule has 2 aromatic heterocycles. The number of nitrogens with zero attached hydrogens (tertiary/aromatic N) is 3. The summed E-state index contributed by atoms with van der Waals surface area (Å²) in [6, 6.07) is 7.39. The van der Waals surface area contributed by atoms with Crippen LogP contribution in [0.2, 0.25) is 0 Å². The van der Waals surface area contributed by atoms with Gasteiger partial charge in [-0.2, -0.15) is 0 Å². The summed E-state index contributed by atoms with van der Waals surface area (Å²) in [7, 11) is 0. The number of aromatic nitrogens is 3. The lowest BCUT2D eigenvalue weighted by Gasteiger charge is -2.07. The maximum absolute atomic E-state index is 12.2. The monoisotopic (exact) mass is 271 g/mol. The highest BCUT2D eigenvalue weighted by atomic mass is 32.1. The van der Waals surface area contributed by atoms with Crippen molar-refractivity contribution in [1.82, 2.24) is 14.6 Å². The third-order valence-electron chi connectivity index (χ3n) is 2.67. The van der Waals surface area contributed by atoms with Gasteiger partial charge in [-0.15, -0.1) is 5.10 Å². The van der Waals surface area contributed by atoms with E-state index in [-0.39, 0.29) is 5.91 Å². The largest absolute Gasteiger partial charge is 0.383 e. The first-order chi connectivity index (χ1) is 9.25. The van der Waals surface area contributed by atoms with E-state index in [1.165, 1.54) is 12.4 Å². The van der Waals surface area contributed by atoms with Crippen LogP contribution in [0.15, 0.2) is 36.7 Å². The standard InChI is InChI=1S/C12H9N5OS/c13-11-8-4-2-1-3-7(8)9(5-14-11)12(18)16-10-6-15-17-19-10/h1-6H,(H2,13,14)(H,16,18). The van der Waals surface area contributed by atoms with Gasteiger partial charge in [-0.25, -0.2) is 4.98 Å². The molecule has 0 fully saturated rings. The molecule has 1 amide bonds. The van der Waals surface area contributed by atoms with Gasteiger partial charge < -0.3 is 11.1 Å². The Morgan fingerprint density at radius 1 is 1.21 bits per heavy atom. The van der Waals surface area contributed by atoms with Crippen molar-refractivity contribution in [3.8, 4) is 0 Å². The molecule has 0 aliphatic heterocycles. The third kappa shape index (κ3) is 2.11. The molecule has 0 unspecified atom stereocenters. The first-order valence-electron chi connectivity index (χ1n) is 5.47. The van der Waals surface area contributed by atoms with E-state index < -0.39 is 0 Å². The van der Waals surface area contributed by atoms with Crippen LogP contribution >= 0.6 is 11.5 Å². The van der Waals surface area contributed by atoms with Crippen molar-refractivity contribution in [2.75, 3.05) is 11.1 Å². The van der Waals surface area contributed by atoms with Crippen LogP contribution in [0.5, 0.6) is 0 Å². The Hall–Kier alpha value is -2.54. The molecule has 3 rings (SSSR count). The Labute approximate surface area is 112 Å². The molecule has 19 heavy (non-hydrogen) atoms. The first-order valence-corrected chi connectivity index (χ1v) is 6.25. The molecular formula is C12H9N5OS. The molecule has 0 aliphatic rings. The van der Waals surface area contributed by atoms with Gasteiger partial charge in [0.25, 0.3) is 5.91 Å². The SMILES string of the molecule is Nc1ncc(C(=O)Nc2cnns2)c2ccccc12. The number of nitrogens with one attached hydrogen (secondary N) is 1. The Morgan fingerprint density at radius 3 is 2.74 bits per heavy atom. The minimum atomic E-state index is -0.255. The van der Waals surface area contributed by atoms with Crippen LogP contribution in [0.4, 0.5) is 10.8 Å². The van der Waals surface area contributed by atoms with E-state index in [2.05, 4.69) is 19.9 Å². The molecule has 0 bridgehead atoms. The number of fused-ring (bicyclic) bond motifs is 1. The number of hydrogen-bond acceptors (Lipinski definition) is 6. The highest BCUT2D eigenvalue weighted by molar-refractivity contribution is 7.10. The average molecular weight is 271 g/mol. The lowest BCUT2D eigenvalue weighted by atomic mass is 10.1. The van der Waals surface area contributed by atoms with Gasteiger partial charge >= 0.3 is 0 Å². The fraction of sp³-hybridized carbons (Fsp3) is 0. The van der Waals surface area contributed by atoms with E-state index in [1.807, 2.05) is 24.3 Å². The van der Waals surface area contributed by atoms with Crippen molar-refractivity contribution < 1.29 is 4.79 Å². The molecule has 1 aromatic carbocycles. The van der Waals surface area contributed by atoms with E-state index in [4.69, 9.17) is 5.73 Å². The average Bonchev–Trinajstić information content (AvgIpc) is 2.92. The van der Waals surface area contributed by atoms with Crippen LogP contribution in [-0.4, -0.2) is 20.5 Å². The number of carbonyl (C=O) groups is 1. The summed E-state index contributed by atoms with van der Waals surface area (Å²) in [6.45, 7) is 0. The molecule has 2 heterocycles. The normalized spacial score (nSPS) is 10.5. The second-order valence-corrected chi connectivity index (χ2v) is 4.62. The second-order valence-electron chi connectivity index (χ2n) is 3.84. The summed E-state index contributed by atoms with van der Waals surface area (Å²) in [6.07, 6.45) is 2.97. The highest BCUT2D eigenvalue weighted by Crippen LogP contribution is 2.23. The Balaban J connectivity index is 2.05. The summed E-state index contributed by atoms with van der Waals surface area (Å²) in [5.41, 5.74) is 6.27. The van der Waals surface area contributed by atoms with Crippen LogP contribution in [0.25, 0.3) is 10.8 Å². The zero-order chi connectivity index (χ0) is 13.2. The minimum absolute atomic E-state index is 0.255. The number of nitrogen functional groups attached to an aromatic ring is 1. The predicted octanol–water partition coefficient (Wildman–Crippen LogP) is 1.92. The maximum Gasteiger partial charge on any atom is 0.258 e. The van der Waals surface area contributed by atoms with Crippen LogP contribution in [0, 0.1) is 0 Å². The van der Waals surface area contributed by atoms with Crippen molar-refractivity contribution in [1.29, 1.82) is 0 Å². The number of rotatable bonds is 2. The van der Waals surface area contributed by atoms with Crippen LogP contribution < -0.4 is 11.1 Å². The van der Waals surface area contributed by atoms with Gasteiger partial charge in [0.1, 0.15) is 10.8 Å². The topological polar surface area (TPSA) is 93.8 Å². The fourth-order valence-electron chi connectivity index (χ4n) is 1.80. The number of nitrogens with two attached hydrogens (primary N) is 1. The summed E-state index contributed by atoms with van der Waals surface area (Å²) < 4.78 is 3.69. The number of benzene rings is 1. The molecule has 0 atom stereocenters. The smallest absolute Gasteiger partial charge is 0.258 e. The number of carbonyl (C=O) groups excluding carboxylic acids is 1. The van der Waals surface area contributed by atoms with Crippen molar-refractivity contribution in [3.63, 3.8) is 0 Å². The number of anilines is 2. The molecule has 7 heteroatoms. The van der Waals surface area contributed by atoms with Gasteiger partial charge in [-0.3, -0.25) is 4.79 Å². The summed E-state index contributed by atoms with van der Waals surface area (Å²) in [5.74, 6) is 0.154. The second kappa shape index (κ2) is 4.62. The third-order valence-corrected chi connectivity index (χ3v) is 3.25. The Morgan fingerprint density at radius 2 is 2.00 bits per heavy atom. The lowest BCUT2D eigenvalue weighted by Crippen LogP contribution is -2.12. The molecular weight excluding hydrogens is 262 g/mol. The molecule has 6 nitrogen and oxygen atoms in total. The van der Waals surface area contributed by atoms with E-state index >= 15 is 0 Å². The fourth-order valence-corrected chi connectivity index (χ4v) is 2.21. The summed E-state index contributed by atoms with van der Waals surface area (Å²) in [4.78, 5) is 16.2. The summed E-state index contributed by atoms with van der Waals surface area (Å²) >= 11 is 1.12. The first kappa shape index (κ1) is 11.5. The van der Waals surface area contributed by atoms with Crippen molar-refractivity contribution in [3.05, 3.63) is 42.2 Å². The van der Waals surface area contributed by atoms with Crippen LogP contribution in [0.1, 0.15) is 10.4 Å². The molecule has 3 N–H and O–H groups in total. The van der Waals surface area contributed by atoms with Gasteiger partial charge in [0, 0.05) is 23.1 Å². The Bertz CT molecular complexity index is 741. The molecule has 0 spiro atoms. The maximum atomic E-state index is 12.2. The predicted molar refractivity (Wildman–Crippen MR) is 74.0 cm³/mol. The quantitative estimate of drug-likeness (QED) is 0.742. The number of pyridine rings is 1. The number of amides is 1. The highest BCUT2D eigenvalue weighted by Gasteiger charge is 2.13. The van der Waals surface area contributed by atoms with Crippen molar-refractivity contribution in [2.24, 2.45) is 0 Å². The van der Waals surface area contributed by atoms with Gasteiger partial charge in [0.15, 0.2) is 0 Å². The van der Waals surface area contributed by atoms with Gasteiger partial charge in [0.05, 0.1) is 11.8 Å². The van der Waals surface area contributed by atoms with Gasteiger partial charge in [-0.05, 0) is 5.39 Å². The van der Waals surface area contributed by atoms with Crippen molar-refractivity contribution >= 4 is 39.0 Å². The molecule has 0 saturated carbocycles. The Kier molecular flexibility index (Phi) is 2.81. The molecule has 0 saturated heterocycles. The van der Waals surface area contributed by atoms with E-state index in [0.29, 0.717) is 16.4 Å². The van der Waals surface area contributed by atoms with Crippen LogP contribution in [0.3, 0.4) is 0 Å². The van der Waals surface area contributed by atoms with Crippen molar-refractivity contribution in [2.45, 2.75) is 0 Å². The van der Waals surface area contributed by atoms with Gasteiger partial charge in [0.2, 0.25) is 0 Å². The zero-order valence-corrected chi connectivity index (χ0v) is 10.5. The van der Waals surface area contributed by atoms with Crippen LogP contribution in [-0.2, 0) is 0 Å². The van der Waals surface area contributed by atoms with Gasteiger partial charge in [-0.1, -0.05) is 28.8 Å².